The second-order valence-corrected chi connectivity index (χ2v) is 9.30. The molecule has 0 bridgehead atoms. The lowest BCUT2D eigenvalue weighted by Gasteiger charge is -2.09. The van der Waals surface area contributed by atoms with Crippen molar-refractivity contribution in [2.75, 3.05) is 5.32 Å². The minimum atomic E-state index is -0.837. The number of aliphatic hydroxyl groups is 1. The minimum absolute atomic E-state index is 0.0787. The molecule has 5 heterocycles. The number of nitrogens with zero attached hydrogens (tertiary/aromatic N) is 6. The summed E-state index contributed by atoms with van der Waals surface area (Å²) in [7, 11) is 0. The maximum Gasteiger partial charge on any atom is 0.273 e. The first-order valence-electron chi connectivity index (χ1n) is 12.5. The number of pyridine rings is 3. The summed E-state index contributed by atoms with van der Waals surface area (Å²) in [6, 6.07) is 9.26. The predicted molar refractivity (Wildman–Crippen MR) is 146 cm³/mol. The number of aryl methyl sites for hydroxylation is 2. The van der Waals surface area contributed by atoms with Gasteiger partial charge in [-0.3, -0.25) is 19.9 Å². The third-order valence-corrected chi connectivity index (χ3v) is 6.08. The largest absolute Gasteiger partial charge is 0.387 e. The first-order chi connectivity index (χ1) is 19.7. The topological polar surface area (TPSA) is 154 Å². The smallest absolute Gasteiger partial charge is 0.273 e. The number of aromatic nitrogens is 7. The second kappa shape index (κ2) is 11.5. The van der Waals surface area contributed by atoms with Gasteiger partial charge < -0.3 is 15.7 Å². The minimum Gasteiger partial charge on any atom is -0.387 e. The molecule has 4 N–H and O–H groups in total. The van der Waals surface area contributed by atoms with Crippen molar-refractivity contribution in [3.63, 3.8) is 0 Å². The van der Waals surface area contributed by atoms with E-state index in [1.165, 1.54) is 12.3 Å². The van der Waals surface area contributed by atoms with Crippen molar-refractivity contribution in [3.8, 4) is 22.6 Å². The molecule has 1 amide bonds. The molecule has 0 aliphatic heterocycles. The number of anilines is 2. The number of hydrogen-bond donors (Lipinski definition) is 4. The van der Waals surface area contributed by atoms with Crippen molar-refractivity contribution in [3.05, 3.63) is 95.0 Å². The molecular weight excluding hydrogens is 532 g/mol. The average molecular weight is 558 g/mol. The van der Waals surface area contributed by atoms with E-state index in [9.17, 15) is 18.7 Å². The van der Waals surface area contributed by atoms with Crippen LogP contribution in [0.1, 0.15) is 46.2 Å². The Balaban J connectivity index is 1.26. The second-order valence-electron chi connectivity index (χ2n) is 9.30. The summed E-state index contributed by atoms with van der Waals surface area (Å²) in [5.41, 5.74) is 3.44. The maximum absolute atomic E-state index is 15.0. The molecule has 208 valence electrons. The van der Waals surface area contributed by atoms with Gasteiger partial charge in [-0.25, -0.2) is 23.7 Å². The van der Waals surface area contributed by atoms with Gasteiger partial charge in [-0.2, -0.15) is 5.10 Å². The summed E-state index contributed by atoms with van der Waals surface area (Å²) in [5, 5.41) is 22.1. The molecule has 0 aliphatic rings. The molecule has 13 heteroatoms. The molecule has 0 saturated heterocycles. The molecule has 0 spiro atoms. The SMILES string of the molecule is Cc1cc(Nc2cc(C(C)O)[nH]n2)nc(-c2cnc(C(=O)NCc3ccc(-c4cc(F)cnc4C)nc3)c(F)c2)n1. The van der Waals surface area contributed by atoms with Gasteiger partial charge in [-0.15, -0.1) is 0 Å². The molecule has 5 aromatic heterocycles. The normalized spacial score (nSPS) is 11.8. The quantitative estimate of drug-likeness (QED) is 0.218. The molecule has 11 nitrogen and oxygen atoms in total. The number of aromatic amines is 1. The lowest BCUT2D eigenvalue weighted by atomic mass is 10.1. The van der Waals surface area contributed by atoms with Crippen LogP contribution >= 0.6 is 0 Å². The Morgan fingerprint density at radius 3 is 2.54 bits per heavy atom. The van der Waals surface area contributed by atoms with E-state index in [0.717, 1.165) is 12.3 Å². The predicted octanol–water partition coefficient (Wildman–Crippen LogP) is 4.34. The van der Waals surface area contributed by atoms with Gasteiger partial charge in [-0.05, 0) is 44.5 Å². The van der Waals surface area contributed by atoms with E-state index < -0.39 is 23.6 Å². The van der Waals surface area contributed by atoms with Crippen LogP contribution in [-0.4, -0.2) is 46.1 Å². The maximum atomic E-state index is 15.0. The van der Waals surface area contributed by atoms with E-state index >= 15 is 0 Å². The number of rotatable bonds is 8. The van der Waals surface area contributed by atoms with Crippen LogP contribution in [-0.2, 0) is 6.54 Å². The molecule has 41 heavy (non-hydrogen) atoms. The molecule has 5 rings (SSSR count). The van der Waals surface area contributed by atoms with Crippen molar-refractivity contribution in [2.24, 2.45) is 0 Å². The van der Waals surface area contributed by atoms with Crippen molar-refractivity contribution < 1.29 is 18.7 Å². The molecule has 0 fully saturated rings. The van der Waals surface area contributed by atoms with E-state index in [4.69, 9.17) is 0 Å². The Labute approximate surface area is 233 Å². The average Bonchev–Trinajstić information content (AvgIpc) is 3.42. The van der Waals surface area contributed by atoms with Gasteiger partial charge in [0.1, 0.15) is 11.6 Å². The van der Waals surface area contributed by atoms with E-state index in [0.29, 0.717) is 45.5 Å². The van der Waals surface area contributed by atoms with Crippen LogP contribution < -0.4 is 10.6 Å². The monoisotopic (exact) mass is 557 g/mol. The van der Waals surface area contributed by atoms with Crippen LogP contribution in [0.25, 0.3) is 22.6 Å². The molecule has 0 radical (unpaired) electrons. The zero-order valence-corrected chi connectivity index (χ0v) is 22.3. The van der Waals surface area contributed by atoms with Crippen LogP contribution in [0.4, 0.5) is 20.4 Å². The van der Waals surface area contributed by atoms with Gasteiger partial charge in [0.15, 0.2) is 23.2 Å². The molecule has 0 saturated carbocycles. The number of amides is 1. The van der Waals surface area contributed by atoms with Crippen molar-refractivity contribution in [2.45, 2.75) is 33.4 Å². The number of aliphatic hydroxyl groups excluding tert-OH is 1. The summed E-state index contributed by atoms with van der Waals surface area (Å²) < 4.78 is 28.5. The summed E-state index contributed by atoms with van der Waals surface area (Å²) in [6.45, 7) is 5.20. The third-order valence-electron chi connectivity index (χ3n) is 6.08. The van der Waals surface area contributed by atoms with Gasteiger partial charge in [0, 0.05) is 53.6 Å². The summed E-state index contributed by atoms with van der Waals surface area (Å²) in [6.07, 6.45) is 3.30. The Morgan fingerprint density at radius 2 is 1.83 bits per heavy atom. The lowest BCUT2D eigenvalue weighted by Crippen LogP contribution is -2.25. The van der Waals surface area contributed by atoms with E-state index in [1.54, 1.807) is 51.2 Å². The number of nitrogens with one attached hydrogen (secondary N) is 3. The highest BCUT2D eigenvalue weighted by atomic mass is 19.1. The fourth-order valence-corrected chi connectivity index (χ4v) is 3.96. The summed E-state index contributed by atoms with van der Waals surface area (Å²) in [4.78, 5) is 33.8. The van der Waals surface area contributed by atoms with Gasteiger partial charge in [0.05, 0.1) is 23.7 Å². The molecule has 1 atom stereocenters. The van der Waals surface area contributed by atoms with Crippen molar-refractivity contribution >= 4 is 17.5 Å². The summed E-state index contributed by atoms with van der Waals surface area (Å²) >= 11 is 0. The molecule has 5 aromatic rings. The highest BCUT2D eigenvalue weighted by molar-refractivity contribution is 5.92. The Hall–Kier alpha value is -5.17. The fraction of sp³-hybridized carbons (Fsp3) is 0.179. The molecular formula is C28H25F2N9O2. The van der Waals surface area contributed by atoms with E-state index in [2.05, 4.69) is 45.8 Å². The standard InChI is InChI=1S/C28H25F2N9O2/c1-14-6-24(36-25-9-23(16(3)40)38-39-25)37-27(35-14)18-7-21(30)26(33-12-18)28(41)34-11-17-4-5-22(32-10-17)20-8-19(29)13-31-15(20)2/h4-10,12-13,16,40H,11H2,1-3H3,(H,34,41)(H2,35,36,37,38,39). The Morgan fingerprint density at radius 1 is 1.00 bits per heavy atom. The first-order valence-corrected chi connectivity index (χ1v) is 12.5. The molecule has 1 unspecified atom stereocenters. The Bertz CT molecular complexity index is 1720. The highest BCUT2D eigenvalue weighted by Crippen LogP contribution is 2.23. The number of carbonyl (C=O) groups is 1. The molecule has 0 aromatic carbocycles. The van der Waals surface area contributed by atoms with Crippen LogP contribution in [0.2, 0.25) is 0 Å². The first kappa shape index (κ1) is 27.4. The van der Waals surface area contributed by atoms with Gasteiger partial charge in [0.2, 0.25) is 0 Å². The fourth-order valence-electron chi connectivity index (χ4n) is 3.96. The van der Waals surface area contributed by atoms with Gasteiger partial charge in [-0.1, -0.05) is 6.07 Å². The Kier molecular flexibility index (Phi) is 7.70. The van der Waals surface area contributed by atoms with Gasteiger partial charge in [0.25, 0.3) is 5.91 Å². The lowest BCUT2D eigenvalue weighted by molar-refractivity contribution is 0.0941. The highest BCUT2D eigenvalue weighted by Gasteiger charge is 2.17. The van der Waals surface area contributed by atoms with Crippen molar-refractivity contribution in [1.82, 2.24) is 40.4 Å². The zero-order chi connectivity index (χ0) is 29.1. The molecule has 0 aliphatic carbocycles. The summed E-state index contributed by atoms with van der Waals surface area (Å²) in [5.74, 6) is -0.961. The number of halogens is 2. The van der Waals surface area contributed by atoms with E-state index in [-0.39, 0.29) is 23.6 Å². The number of carbonyl (C=O) groups excluding carboxylic acids is 1. The third kappa shape index (κ3) is 6.36. The van der Waals surface area contributed by atoms with Gasteiger partial charge >= 0.3 is 0 Å². The van der Waals surface area contributed by atoms with E-state index in [1.807, 2.05) is 0 Å². The van der Waals surface area contributed by atoms with Crippen LogP contribution in [0, 0.1) is 25.5 Å². The number of hydrogen-bond acceptors (Lipinski definition) is 9. The van der Waals surface area contributed by atoms with Crippen LogP contribution in [0.3, 0.4) is 0 Å². The number of H-pyrrole nitrogens is 1. The zero-order valence-electron chi connectivity index (χ0n) is 22.3. The van der Waals surface area contributed by atoms with Crippen molar-refractivity contribution in [1.29, 1.82) is 0 Å². The van der Waals surface area contributed by atoms with Crippen LogP contribution in [0.15, 0.2) is 55.0 Å². The van der Waals surface area contributed by atoms with Crippen LogP contribution in [0.5, 0.6) is 0 Å².